The van der Waals surface area contributed by atoms with E-state index in [0.29, 0.717) is 5.75 Å². The Hall–Kier alpha value is -2.43. The number of ether oxygens (including phenoxy) is 1. The lowest BCUT2D eigenvalue weighted by molar-refractivity contribution is -0.137. The molecule has 0 amide bonds. The third-order valence-electron chi connectivity index (χ3n) is 3.95. The van der Waals surface area contributed by atoms with Gasteiger partial charge in [-0.1, -0.05) is 12.1 Å². The fraction of sp³-hybridized carbons (Fsp3) is 0.263. The third kappa shape index (κ3) is 3.11. The molecule has 2 aromatic carbocycles. The van der Waals surface area contributed by atoms with Crippen LogP contribution in [0.15, 0.2) is 48.5 Å². The van der Waals surface area contributed by atoms with Crippen LogP contribution in [0.25, 0.3) is 5.57 Å². The maximum Gasteiger partial charge on any atom is 0.416 e. The standard InChI is InChI=1S/C19H18F3NO/c1-18(2)11-16(12-4-6-13(7-5-12)19(20,21)22)15-9-8-14(23-3)10-17(15)24-18/h4-11,23H,1-3H3. The van der Waals surface area contributed by atoms with E-state index in [2.05, 4.69) is 5.32 Å². The summed E-state index contributed by atoms with van der Waals surface area (Å²) in [7, 11) is 1.82. The number of halogens is 3. The summed E-state index contributed by atoms with van der Waals surface area (Å²) in [5.74, 6) is 0.712. The van der Waals surface area contributed by atoms with E-state index in [4.69, 9.17) is 4.74 Å². The van der Waals surface area contributed by atoms with Gasteiger partial charge in [0.2, 0.25) is 0 Å². The van der Waals surface area contributed by atoms with E-state index in [1.54, 1.807) is 0 Å². The van der Waals surface area contributed by atoms with Gasteiger partial charge in [0, 0.05) is 24.4 Å². The summed E-state index contributed by atoms with van der Waals surface area (Å²) in [5.41, 5.74) is 2.20. The highest BCUT2D eigenvalue weighted by molar-refractivity contribution is 5.85. The second-order valence-corrected chi connectivity index (χ2v) is 6.30. The lowest BCUT2D eigenvalue weighted by Gasteiger charge is -2.31. The molecule has 1 N–H and O–H groups in total. The minimum Gasteiger partial charge on any atom is -0.483 e. The molecule has 1 aliphatic rings. The van der Waals surface area contributed by atoms with Gasteiger partial charge in [-0.25, -0.2) is 0 Å². The van der Waals surface area contributed by atoms with Gasteiger partial charge in [-0.3, -0.25) is 0 Å². The quantitative estimate of drug-likeness (QED) is 0.800. The minimum absolute atomic E-state index is 0.544. The molecule has 5 heteroatoms. The average Bonchev–Trinajstić information content (AvgIpc) is 2.52. The zero-order valence-corrected chi connectivity index (χ0v) is 13.7. The second-order valence-electron chi connectivity index (χ2n) is 6.30. The van der Waals surface area contributed by atoms with Crippen LogP contribution in [0.1, 0.15) is 30.5 Å². The molecular formula is C19H18F3NO. The molecule has 126 valence electrons. The number of nitrogens with one attached hydrogen (secondary N) is 1. The highest BCUT2D eigenvalue weighted by atomic mass is 19.4. The van der Waals surface area contributed by atoms with Crippen molar-refractivity contribution in [1.29, 1.82) is 0 Å². The molecular weight excluding hydrogens is 315 g/mol. The van der Waals surface area contributed by atoms with Crippen LogP contribution in [0, 0.1) is 0 Å². The lowest BCUT2D eigenvalue weighted by atomic mass is 9.89. The third-order valence-corrected chi connectivity index (χ3v) is 3.95. The smallest absolute Gasteiger partial charge is 0.416 e. The Bertz CT molecular complexity index is 789. The Morgan fingerprint density at radius 3 is 2.25 bits per heavy atom. The zero-order valence-electron chi connectivity index (χ0n) is 13.7. The Balaban J connectivity index is 2.08. The molecule has 0 aliphatic carbocycles. The first-order valence-electron chi connectivity index (χ1n) is 7.61. The number of hydrogen-bond donors (Lipinski definition) is 1. The maximum atomic E-state index is 12.8. The summed E-state index contributed by atoms with van der Waals surface area (Å²) in [5, 5.41) is 3.06. The predicted molar refractivity (Wildman–Crippen MR) is 89.2 cm³/mol. The van der Waals surface area contributed by atoms with Crippen molar-refractivity contribution < 1.29 is 17.9 Å². The first kappa shape index (κ1) is 16.4. The number of fused-ring (bicyclic) bond motifs is 1. The summed E-state index contributed by atoms with van der Waals surface area (Å²) >= 11 is 0. The van der Waals surface area contributed by atoms with Crippen molar-refractivity contribution in [3.63, 3.8) is 0 Å². The average molecular weight is 333 g/mol. The topological polar surface area (TPSA) is 21.3 Å². The van der Waals surface area contributed by atoms with Gasteiger partial charge in [0.1, 0.15) is 11.4 Å². The van der Waals surface area contributed by atoms with Crippen molar-refractivity contribution in [2.24, 2.45) is 0 Å². The molecule has 3 rings (SSSR count). The number of rotatable bonds is 2. The molecule has 0 spiro atoms. The molecule has 1 aliphatic heterocycles. The van der Waals surface area contributed by atoms with Gasteiger partial charge in [-0.05, 0) is 55.3 Å². The van der Waals surface area contributed by atoms with Crippen molar-refractivity contribution in [2.75, 3.05) is 12.4 Å². The number of benzene rings is 2. The Labute approximate surface area is 139 Å². The molecule has 2 aromatic rings. The van der Waals surface area contributed by atoms with Crippen LogP contribution in [-0.2, 0) is 6.18 Å². The van der Waals surface area contributed by atoms with Gasteiger partial charge in [-0.2, -0.15) is 13.2 Å². The lowest BCUT2D eigenvalue weighted by Crippen LogP contribution is -2.29. The summed E-state index contributed by atoms with van der Waals surface area (Å²) in [6, 6.07) is 11.0. The van der Waals surface area contributed by atoms with Crippen molar-refractivity contribution in [3.8, 4) is 5.75 Å². The number of hydrogen-bond acceptors (Lipinski definition) is 2. The Kier molecular flexibility index (Phi) is 3.82. The van der Waals surface area contributed by atoms with E-state index in [9.17, 15) is 13.2 Å². The van der Waals surface area contributed by atoms with Crippen LogP contribution in [-0.4, -0.2) is 12.6 Å². The first-order chi connectivity index (χ1) is 11.2. The molecule has 0 fully saturated rings. The highest BCUT2D eigenvalue weighted by Crippen LogP contribution is 2.41. The van der Waals surface area contributed by atoms with Crippen LogP contribution in [0.2, 0.25) is 0 Å². The van der Waals surface area contributed by atoms with Gasteiger partial charge >= 0.3 is 6.18 Å². The predicted octanol–water partition coefficient (Wildman–Crippen LogP) is 5.35. The van der Waals surface area contributed by atoms with Crippen molar-refractivity contribution in [2.45, 2.75) is 25.6 Å². The molecule has 0 aromatic heterocycles. The van der Waals surface area contributed by atoms with E-state index in [1.807, 2.05) is 45.2 Å². The SMILES string of the molecule is CNc1ccc2c(c1)OC(C)(C)C=C2c1ccc(C(F)(F)F)cc1. The fourth-order valence-electron chi connectivity index (χ4n) is 2.80. The molecule has 0 bridgehead atoms. The van der Waals surface area contributed by atoms with E-state index in [-0.39, 0.29) is 0 Å². The Morgan fingerprint density at radius 2 is 1.67 bits per heavy atom. The summed E-state index contributed by atoms with van der Waals surface area (Å²) in [6.45, 7) is 3.85. The van der Waals surface area contributed by atoms with Crippen molar-refractivity contribution in [1.82, 2.24) is 0 Å². The zero-order chi connectivity index (χ0) is 17.5. The first-order valence-corrected chi connectivity index (χ1v) is 7.61. The highest BCUT2D eigenvalue weighted by Gasteiger charge is 2.31. The molecule has 0 atom stereocenters. The summed E-state index contributed by atoms with van der Waals surface area (Å²) < 4.78 is 44.3. The summed E-state index contributed by atoms with van der Waals surface area (Å²) in [6.07, 6.45) is -2.39. The van der Waals surface area contributed by atoms with Gasteiger partial charge < -0.3 is 10.1 Å². The van der Waals surface area contributed by atoms with Crippen LogP contribution < -0.4 is 10.1 Å². The molecule has 0 saturated carbocycles. The molecule has 0 saturated heterocycles. The van der Waals surface area contributed by atoms with Gasteiger partial charge in [0.25, 0.3) is 0 Å². The fourth-order valence-corrected chi connectivity index (χ4v) is 2.80. The minimum atomic E-state index is -4.33. The van der Waals surface area contributed by atoms with Crippen LogP contribution in [0.3, 0.4) is 0 Å². The Morgan fingerprint density at radius 1 is 1.00 bits per heavy atom. The molecule has 24 heavy (non-hydrogen) atoms. The molecule has 1 heterocycles. The van der Waals surface area contributed by atoms with Crippen LogP contribution in [0.4, 0.5) is 18.9 Å². The van der Waals surface area contributed by atoms with Crippen molar-refractivity contribution >= 4 is 11.3 Å². The van der Waals surface area contributed by atoms with E-state index >= 15 is 0 Å². The largest absolute Gasteiger partial charge is 0.483 e. The molecule has 0 radical (unpaired) electrons. The van der Waals surface area contributed by atoms with Gasteiger partial charge in [-0.15, -0.1) is 0 Å². The second kappa shape index (κ2) is 5.58. The van der Waals surface area contributed by atoms with Crippen molar-refractivity contribution in [3.05, 3.63) is 65.2 Å². The molecule has 2 nitrogen and oxygen atoms in total. The number of alkyl halides is 3. The van der Waals surface area contributed by atoms with Crippen LogP contribution in [0.5, 0.6) is 5.75 Å². The van der Waals surface area contributed by atoms with E-state index in [0.717, 1.165) is 34.5 Å². The van der Waals surface area contributed by atoms with Crippen LogP contribution >= 0.6 is 0 Å². The maximum absolute atomic E-state index is 12.8. The summed E-state index contributed by atoms with van der Waals surface area (Å²) in [4.78, 5) is 0. The molecule has 0 unspecified atom stereocenters. The van der Waals surface area contributed by atoms with E-state index in [1.165, 1.54) is 12.1 Å². The number of anilines is 1. The van der Waals surface area contributed by atoms with Gasteiger partial charge in [0.05, 0.1) is 5.56 Å². The van der Waals surface area contributed by atoms with E-state index < -0.39 is 17.3 Å². The monoisotopic (exact) mass is 333 g/mol. The normalized spacial score (nSPS) is 16.0. The van der Waals surface area contributed by atoms with Gasteiger partial charge in [0.15, 0.2) is 0 Å².